The van der Waals surface area contributed by atoms with Gasteiger partial charge in [0.25, 0.3) is 0 Å². The van der Waals surface area contributed by atoms with Crippen LogP contribution in [0.15, 0.2) is 30.6 Å². The molecule has 0 aliphatic carbocycles. The van der Waals surface area contributed by atoms with Crippen molar-refractivity contribution in [3.63, 3.8) is 0 Å². The van der Waals surface area contributed by atoms with Crippen molar-refractivity contribution in [2.45, 2.75) is 6.92 Å². The topological polar surface area (TPSA) is 50.7 Å². The molecule has 0 unspecified atom stereocenters. The van der Waals surface area contributed by atoms with E-state index < -0.39 is 0 Å². The minimum Gasteiger partial charge on any atom is -0.372 e. The summed E-state index contributed by atoms with van der Waals surface area (Å²) in [6, 6.07) is 5.95. The second-order valence-corrected chi connectivity index (χ2v) is 5.19. The van der Waals surface area contributed by atoms with Crippen LogP contribution in [0.2, 0.25) is 0 Å². The van der Waals surface area contributed by atoms with E-state index in [9.17, 15) is 0 Å². The molecule has 3 aromatic heterocycles. The average Bonchev–Trinajstić information content (AvgIpc) is 2.78. The Morgan fingerprint density at radius 2 is 1.94 bits per heavy atom. The molecule has 18 heavy (non-hydrogen) atoms. The van der Waals surface area contributed by atoms with Crippen LogP contribution >= 0.6 is 11.3 Å². The fourth-order valence-electron chi connectivity index (χ4n) is 1.86. The van der Waals surface area contributed by atoms with Crippen molar-refractivity contribution in [3.05, 3.63) is 35.5 Å². The lowest BCUT2D eigenvalue weighted by Crippen LogP contribution is -1.97. The SMILES string of the molecule is CNc1nc(-c2ccncc2)nc2sc(C)cc12. The molecule has 5 heteroatoms. The van der Waals surface area contributed by atoms with E-state index in [0.717, 1.165) is 27.4 Å². The van der Waals surface area contributed by atoms with Crippen LogP contribution in [0, 0.1) is 6.92 Å². The van der Waals surface area contributed by atoms with Gasteiger partial charge >= 0.3 is 0 Å². The van der Waals surface area contributed by atoms with Crippen LogP contribution in [-0.4, -0.2) is 22.0 Å². The molecule has 0 fully saturated rings. The highest BCUT2D eigenvalue weighted by Crippen LogP contribution is 2.30. The van der Waals surface area contributed by atoms with Gasteiger partial charge in [0.2, 0.25) is 0 Å². The van der Waals surface area contributed by atoms with E-state index in [1.54, 1.807) is 23.7 Å². The third-order valence-electron chi connectivity index (χ3n) is 2.69. The Hall–Kier alpha value is -2.01. The fraction of sp³-hybridized carbons (Fsp3) is 0.154. The van der Waals surface area contributed by atoms with Crippen molar-refractivity contribution in [2.24, 2.45) is 0 Å². The number of rotatable bonds is 2. The number of hydrogen-bond acceptors (Lipinski definition) is 5. The Kier molecular flexibility index (Phi) is 2.68. The molecule has 1 N–H and O–H groups in total. The number of aromatic nitrogens is 3. The number of anilines is 1. The molecule has 0 atom stereocenters. The van der Waals surface area contributed by atoms with Crippen LogP contribution in [0.1, 0.15) is 4.88 Å². The molecule has 0 aliphatic rings. The van der Waals surface area contributed by atoms with Gasteiger partial charge in [0, 0.05) is 29.9 Å². The van der Waals surface area contributed by atoms with Gasteiger partial charge in [0.15, 0.2) is 5.82 Å². The molecule has 0 saturated carbocycles. The first kappa shape index (κ1) is 11.1. The molecule has 0 bridgehead atoms. The van der Waals surface area contributed by atoms with Gasteiger partial charge in [0.1, 0.15) is 10.6 Å². The van der Waals surface area contributed by atoms with Crippen LogP contribution in [0.25, 0.3) is 21.6 Å². The molecule has 0 amide bonds. The van der Waals surface area contributed by atoms with Crippen molar-refractivity contribution < 1.29 is 0 Å². The maximum absolute atomic E-state index is 4.61. The fourth-order valence-corrected chi connectivity index (χ4v) is 2.74. The van der Waals surface area contributed by atoms with Gasteiger partial charge in [-0.1, -0.05) is 0 Å². The van der Waals surface area contributed by atoms with Crippen LogP contribution < -0.4 is 5.32 Å². The maximum Gasteiger partial charge on any atom is 0.163 e. The summed E-state index contributed by atoms with van der Waals surface area (Å²) in [6.07, 6.45) is 3.50. The third-order valence-corrected chi connectivity index (χ3v) is 3.64. The molecule has 90 valence electrons. The van der Waals surface area contributed by atoms with Crippen LogP contribution in [-0.2, 0) is 0 Å². The van der Waals surface area contributed by atoms with Crippen LogP contribution in [0.5, 0.6) is 0 Å². The van der Waals surface area contributed by atoms with E-state index in [-0.39, 0.29) is 0 Å². The highest BCUT2D eigenvalue weighted by molar-refractivity contribution is 7.18. The number of nitrogens with one attached hydrogen (secondary N) is 1. The van der Waals surface area contributed by atoms with Crippen molar-refractivity contribution >= 4 is 27.4 Å². The smallest absolute Gasteiger partial charge is 0.163 e. The van der Waals surface area contributed by atoms with Gasteiger partial charge in [0.05, 0.1) is 5.39 Å². The maximum atomic E-state index is 4.61. The van der Waals surface area contributed by atoms with Crippen LogP contribution in [0.4, 0.5) is 5.82 Å². The van der Waals surface area contributed by atoms with Crippen molar-refractivity contribution in [1.82, 2.24) is 15.0 Å². The molecule has 3 aromatic rings. The second kappa shape index (κ2) is 4.34. The van der Waals surface area contributed by atoms with Crippen molar-refractivity contribution in [3.8, 4) is 11.4 Å². The zero-order valence-electron chi connectivity index (χ0n) is 10.1. The molecular weight excluding hydrogens is 244 g/mol. The van der Waals surface area contributed by atoms with Gasteiger partial charge in [-0.25, -0.2) is 9.97 Å². The van der Waals surface area contributed by atoms with E-state index >= 15 is 0 Å². The monoisotopic (exact) mass is 256 g/mol. The molecule has 0 spiro atoms. The Morgan fingerprint density at radius 3 is 2.67 bits per heavy atom. The highest BCUT2D eigenvalue weighted by atomic mass is 32.1. The molecule has 3 rings (SSSR count). The summed E-state index contributed by atoms with van der Waals surface area (Å²) < 4.78 is 0. The summed E-state index contributed by atoms with van der Waals surface area (Å²) in [5.41, 5.74) is 0.981. The highest BCUT2D eigenvalue weighted by Gasteiger charge is 2.10. The lowest BCUT2D eigenvalue weighted by atomic mass is 10.2. The number of thiophene rings is 1. The minimum atomic E-state index is 0.733. The molecule has 4 nitrogen and oxygen atoms in total. The Morgan fingerprint density at radius 1 is 1.17 bits per heavy atom. The van der Waals surface area contributed by atoms with Gasteiger partial charge in [-0.2, -0.15) is 0 Å². The molecule has 3 heterocycles. The Bertz CT molecular complexity index is 691. The number of hydrogen-bond donors (Lipinski definition) is 1. The van der Waals surface area contributed by atoms with Gasteiger partial charge in [-0.3, -0.25) is 4.98 Å². The van der Waals surface area contributed by atoms with E-state index in [1.807, 2.05) is 19.2 Å². The lowest BCUT2D eigenvalue weighted by molar-refractivity contribution is 1.21. The largest absolute Gasteiger partial charge is 0.372 e. The summed E-state index contributed by atoms with van der Waals surface area (Å²) in [7, 11) is 1.88. The summed E-state index contributed by atoms with van der Waals surface area (Å²) in [5.74, 6) is 1.60. The summed E-state index contributed by atoms with van der Waals surface area (Å²) >= 11 is 1.68. The third kappa shape index (κ3) is 1.82. The first-order chi connectivity index (χ1) is 8.78. The number of pyridine rings is 1. The average molecular weight is 256 g/mol. The second-order valence-electron chi connectivity index (χ2n) is 3.96. The Balaban J connectivity index is 2.25. The van der Waals surface area contributed by atoms with Gasteiger partial charge in [-0.15, -0.1) is 11.3 Å². The van der Waals surface area contributed by atoms with E-state index in [4.69, 9.17) is 0 Å². The van der Waals surface area contributed by atoms with Crippen molar-refractivity contribution in [2.75, 3.05) is 12.4 Å². The summed E-state index contributed by atoms with van der Waals surface area (Å²) in [5, 5.41) is 4.21. The Labute approximate surface area is 109 Å². The molecular formula is C13H12N4S. The molecule has 0 aliphatic heterocycles. The van der Waals surface area contributed by atoms with E-state index in [0.29, 0.717) is 0 Å². The van der Waals surface area contributed by atoms with E-state index in [2.05, 4.69) is 33.3 Å². The zero-order valence-corrected chi connectivity index (χ0v) is 11.0. The first-order valence-corrected chi connectivity index (χ1v) is 6.46. The minimum absolute atomic E-state index is 0.733. The summed E-state index contributed by atoms with van der Waals surface area (Å²) in [4.78, 5) is 15.4. The number of nitrogens with zero attached hydrogens (tertiary/aromatic N) is 3. The van der Waals surface area contributed by atoms with Crippen LogP contribution in [0.3, 0.4) is 0 Å². The molecule has 0 aromatic carbocycles. The van der Waals surface area contributed by atoms with Crippen molar-refractivity contribution in [1.29, 1.82) is 0 Å². The van der Waals surface area contributed by atoms with E-state index in [1.165, 1.54) is 4.88 Å². The normalized spacial score (nSPS) is 10.8. The summed E-state index contributed by atoms with van der Waals surface area (Å²) in [6.45, 7) is 2.08. The zero-order chi connectivity index (χ0) is 12.5. The van der Waals surface area contributed by atoms with Gasteiger partial charge in [-0.05, 0) is 25.1 Å². The molecule has 0 radical (unpaired) electrons. The standard InChI is InChI=1S/C13H12N4S/c1-8-7-10-12(14-2)16-11(17-13(10)18-8)9-3-5-15-6-4-9/h3-7H,1-2H3,(H,14,16,17). The quantitative estimate of drug-likeness (QED) is 0.765. The lowest BCUT2D eigenvalue weighted by Gasteiger charge is -2.04. The molecule has 0 saturated heterocycles. The number of fused-ring (bicyclic) bond motifs is 1. The van der Waals surface area contributed by atoms with Gasteiger partial charge < -0.3 is 5.32 Å². The first-order valence-electron chi connectivity index (χ1n) is 5.64. The predicted octanol–water partition coefficient (Wildman–Crippen LogP) is 3.10. The number of aryl methyl sites for hydroxylation is 1. The predicted molar refractivity (Wildman–Crippen MR) is 74.9 cm³/mol.